The van der Waals surface area contributed by atoms with Crippen molar-refractivity contribution < 1.29 is 18.3 Å². The fraction of sp³-hybridized carbons (Fsp3) is 0.556. The Morgan fingerprint density at radius 2 is 2.12 bits per heavy atom. The second kappa shape index (κ2) is 5.48. The summed E-state index contributed by atoms with van der Waals surface area (Å²) in [5, 5.41) is 11.4. The fourth-order valence-electron chi connectivity index (χ4n) is 1.07. The van der Waals surface area contributed by atoms with Gasteiger partial charge in [-0.15, -0.1) is 11.3 Å². The van der Waals surface area contributed by atoms with Gasteiger partial charge in [-0.05, 0) is 35.0 Å². The molecule has 1 aromatic heterocycles. The summed E-state index contributed by atoms with van der Waals surface area (Å²) in [6.45, 7) is 1.25. The van der Waals surface area contributed by atoms with Crippen molar-refractivity contribution in [3.8, 4) is 0 Å². The van der Waals surface area contributed by atoms with Gasteiger partial charge in [-0.25, -0.2) is 0 Å². The molecular formula is C9H11BrF3NOS. The van der Waals surface area contributed by atoms with Crippen LogP contribution in [0.5, 0.6) is 0 Å². The van der Waals surface area contributed by atoms with E-state index in [1.54, 1.807) is 6.92 Å². The number of thiophene rings is 1. The van der Waals surface area contributed by atoms with Crippen LogP contribution in [-0.4, -0.2) is 23.9 Å². The van der Waals surface area contributed by atoms with Gasteiger partial charge in [0.1, 0.15) is 0 Å². The molecule has 92 valence electrons. The molecule has 1 rings (SSSR count). The van der Waals surface area contributed by atoms with Gasteiger partial charge in [0.25, 0.3) is 0 Å². The van der Waals surface area contributed by atoms with Gasteiger partial charge < -0.3 is 10.4 Å². The van der Waals surface area contributed by atoms with Crippen LogP contribution in [0.15, 0.2) is 15.9 Å². The van der Waals surface area contributed by atoms with Crippen molar-refractivity contribution in [2.75, 3.05) is 6.54 Å². The molecule has 0 saturated heterocycles. The van der Waals surface area contributed by atoms with Gasteiger partial charge >= 0.3 is 6.18 Å². The van der Waals surface area contributed by atoms with Crippen molar-refractivity contribution in [2.24, 2.45) is 0 Å². The molecule has 2 nitrogen and oxygen atoms in total. The van der Waals surface area contributed by atoms with E-state index in [1.807, 2.05) is 12.1 Å². The highest BCUT2D eigenvalue weighted by molar-refractivity contribution is 9.11. The van der Waals surface area contributed by atoms with Crippen LogP contribution in [-0.2, 0) is 0 Å². The highest BCUT2D eigenvalue weighted by Gasteiger charge is 2.37. The summed E-state index contributed by atoms with van der Waals surface area (Å²) in [5.74, 6) is 0. The Kier molecular flexibility index (Phi) is 4.78. The maximum atomic E-state index is 12.0. The standard InChI is InChI=1S/C9H11BrF3NOS/c1-5(6-2-3-8(10)16-6)14-4-7(15)9(11,12)13/h2-3,5,7,14-15H,4H2,1H3. The smallest absolute Gasteiger partial charge is 0.382 e. The molecule has 0 aliphatic heterocycles. The van der Waals surface area contributed by atoms with Crippen molar-refractivity contribution in [1.29, 1.82) is 0 Å². The normalized spacial score (nSPS) is 16.1. The van der Waals surface area contributed by atoms with Crippen LogP contribution in [0.25, 0.3) is 0 Å². The number of alkyl halides is 3. The third-order valence-electron chi connectivity index (χ3n) is 2.02. The van der Waals surface area contributed by atoms with Crippen molar-refractivity contribution in [3.63, 3.8) is 0 Å². The maximum Gasteiger partial charge on any atom is 0.415 e. The molecule has 0 aliphatic carbocycles. The van der Waals surface area contributed by atoms with Gasteiger partial charge in [-0.3, -0.25) is 0 Å². The van der Waals surface area contributed by atoms with Gasteiger partial charge in [-0.2, -0.15) is 13.2 Å². The minimum Gasteiger partial charge on any atom is -0.382 e. The lowest BCUT2D eigenvalue weighted by atomic mass is 10.2. The quantitative estimate of drug-likeness (QED) is 0.894. The second-order valence-electron chi connectivity index (χ2n) is 3.33. The van der Waals surface area contributed by atoms with Crippen LogP contribution in [0.2, 0.25) is 0 Å². The lowest BCUT2D eigenvalue weighted by molar-refractivity contribution is -0.202. The molecule has 2 atom stereocenters. The number of hydrogen-bond acceptors (Lipinski definition) is 3. The van der Waals surface area contributed by atoms with Crippen molar-refractivity contribution >= 4 is 27.3 Å². The van der Waals surface area contributed by atoms with Crippen molar-refractivity contribution in [3.05, 3.63) is 20.8 Å². The monoisotopic (exact) mass is 317 g/mol. The zero-order chi connectivity index (χ0) is 12.3. The predicted molar refractivity (Wildman–Crippen MR) is 60.5 cm³/mol. The summed E-state index contributed by atoms with van der Waals surface area (Å²) in [6, 6.07) is 3.44. The molecule has 0 aromatic carbocycles. The number of nitrogens with one attached hydrogen (secondary N) is 1. The van der Waals surface area contributed by atoms with Gasteiger partial charge in [0, 0.05) is 17.5 Å². The number of hydrogen-bond donors (Lipinski definition) is 2. The van der Waals surface area contributed by atoms with E-state index in [4.69, 9.17) is 5.11 Å². The Bertz CT molecular complexity index is 342. The van der Waals surface area contributed by atoms with Gasteiger partial charge in [0.05, 0.1) is 3.79 Å². The molecule has 1 aromatic rings. The van der Waals surface area contributed by atoms with Gasteiger partial charge in [-0.1, -0.05) is 0 Å². The molecule has 0 fully saturated rings. The Labute approximate surface area is 104 Å². The van der Waals surface area contributed by atoms with E-state index in [0.29, 0.717) is 0 Å². The molecule has 2 N–H and O–H groups in total. The molecule has 0 amide bonds. The minimum absolute atomic E-state index is 0.215. The molecule has 0 radical (unpaired) electrons. The van der Waals surface area contributed by atoms with Crippen molar-refractivity contribution in [1.82, 2.24) is 5.32 Å². The molecule has 16 heavy (non-hydrogen) atoms. The van der Waals surface area contributed by atoms with Crippen molar-refractivity contribution in [2.45, 2.75) is 25.2 Å². The number of halogens is 4. The molecule has 2 unspecified atom stereocenters. The molecule has 0 bridgehead atoms. The van der Waals surface area contributed by atoms with Crippen LogP contribution >= 0.6 is 27.3 Å². The van der Waals surface area contributed by atoms with E-state index < -0.39 is 18.8 Å². The molecule has 0 aliphatic rings. The lowest BCUT2D eigenvalue weighted by Gasteiger charge is -2.18. The van der Waals surface area contributed by atoms with E-state index in [9.17, 15) is 13.2 Å². The van der Waals surface area contributed by atoms with Gasteiger partial charge in [0.2, 0.25) is 0 Å². The average Bonchev–Trinajstić information content (AvgIpc) is 2.59. The number of aliphatic hydroxyl groups is 1. The highest BCUT2D eigenvalue weighted by Crippen LogP contribution is 2.27. The van der Waals surface area contributed by atoms with Crippen LogP contribution in [0, 0.1) is 0 Å². The fourth-order valence-corrected chi connectivity index (χ4v) is 2.52. The number of rotatable bonds is 4. The van der Waals surface area contributed by atoms with E-state index in [0.717, 1.165) is 8.66 Å². The summed E-state index contributed by atoms with van der Waals surface area (Å²) < 4.78 is 37.0. The van der Waals surface area contributed by atoms with Gasteiger partial charge in [0.15, 0.2) is 6.10 Å². The SMILES string of the molecule is CC(NCC(O)C(F)(F)F)c1ccc(Br)s1. The van der Waals surface area contributed by atoms with Crippen LogP contribution in [0.1, 0.15) is 17.8 Å². The van der Waals surface area contributed by atoms with Crippen LogP contribution < -0.4 is 5.32 Å². The maximum absolute atomic E-state index is 12.0. The summed E-state index contributed by atoms with van der Waals surface area (Å²) in [4.78, 5) is 0.918. The summed E-state index contributed by atoms with van der Waals surface area (Å²) >= 11 is 4.72. The van der Waals surface area contributed by atoms with Crippen LogP contribution in [0.3, 0.4) is 0 Å². The first kappa shape index (κ1) is 14.0. The summed E-state index contributed by atoms with van der Waals surface area (Å²) in [5.41, 5.74) is 0. The Hall–Kier alpha value is -0.110. The third-order valence-corrected chi connectivity index (χ3v) is 3.82. The first-order valence-electron chi connectivity index (χ1n) is 4.54. The lowest BCUT2D eigenvalue weighted by Crippen LogP contribution is -2.39. The molecule has 0 saturated carbocycles. The molecule has 0 spiro atoms. The Balaban J connectivity index is 2.44. The molecular weight excluding hydrogens is 307 g/mol. The summed E-state index contributed by atoms with van der Waals surface area (Å²) in [7, 11) is 0. The highest BCUT2D eigenvalue weighted by atomic mass is 79.9. The molecule has 1 heterocycles. The Morgan fingerprint density at radius 1 is 1.50 bits per heavy atom. The largest absolute Gasteiger partial charge is 0.415 e. The predicted octanol–water partition coefficient (Wildman–Crippen LogP) is 3.08. The second-order valence-corrected chi connectivity index (χ2v) is 5.82. The van der Waals surface area contributed by atoms with E-state index in [2.05, 4.69) is 21.2 Å². The van der Waals surface area contributed by atoms with E-state index >= 15 is 0 Å². The first-order chi connectivity index (χ1) is 7.30. The molecule has 7 heteroatoms. The zero-order valence-corrected chi connectivity index (χ0v) is 10.8. The third kappa shape index (κ3) is 4.04. The zero-order valence-electron chi connectivity index (χ0n) is 8.38. The minimum atomic E-state index is -4.57. The van der Waals surface area contributed by atoms with E-state index in [1.165, 1.54) is 11.3 Å². The summed E-state index contributed by atoms with van der Waals surface area (Å²) in [6.07, 6.45) is -6.89. The number of aliphatic hydroxyl groups excluding tert-OH is 1. The van der Waals surface area contributed by atoms with E-state index in [-0.39, 0.29) is 6.04 Å². The first-order valence-corrected chi connectivity index (χ1v) is 6.15. The van der Waals surface area contributed by atoms with Crippen LogP contribution in [0.4, 0.5) is 13.2 Å². The Morgan fingerprint density at radius 3 is 2.56 bits per heavy atom. The topological polar surface area (TPSA) is 32.3 Å². The average molecular weight is 318 g/mol.